The molecule has 0 aliphatic heterocycles. The summed E-state index contributed by atoms with van der Waals surface area (Å²) in [5.74, 6) is -0.339. The minimum atomic E-state index is -0.177. The average Bonchev–Trinajstić information content (AvgIpc) is 2.78. The Morgan fingerprint density at radius 3 is 2.63 bits per heavy atom. The van der Waals surface area contributed by atoms with Crippen LogP contribution in [0, 0.1) is 0 Å². The van der Waals surface area contributed by atoms with Crippen molar-refractivity contribution in [3.8, 4) is 0 Å². The molecule has 0 radical (unpaired) electrons. The van der Waals surface area contributed by atoms with E-state index in [2.05, 4.69) is 5.32 Å². The van der Waals surface area contributed by atoms with Crippen LogP contribution in [0.5, 0.6) is 0 Å². The Labute approximate surface area is 113 Å². The Balaban J connectivity index is 2.94. The molecule has 1 rings (SSSR count). The average molecular weight is 266 g/mol. The quantitative estimate of drug-likeness (QED) is 0.795. The summed E-state index contributed by atoms with van der Waals surface area (Å²) in [6, 6.07) is 1.65. The lowest BCUT2D eigenvalue weighted by Crippen LogP contribution is -2.40. The van der Waals surface area contributed by atoms with E-state index in [0.717, 1.165) is 6.42 Å². The van der Waals surface area contributed by atoms with E-state index >= 15 is 0 Å². The highest BCUT2D eigenvalue weighted by Gasteiger charge is 2.20. The third-order valence-electron chi connectivity index (χ3n) is 2.87. The van der Waals surface area contributed by atoms with Gasteiger partial charge >= 0.3 is 0 Å². The Morgan fingerprint density at radius 2 is 2.11 bits per heavy atom. The Kier molecular flexibility index (Phi) is 5.41. The molecule has 1 aromatic heterocycles. The molecule has 1 heterocycles. The zero-order chi connectivity index (χ0) is 14.4. The Hall–Kier alpha value is -1.98. The van der Waals surface area contributed by atoms with Crippen molar-refractivity contribution in [1.82, 2.24) is 14.8 Å². The van der Waals surface area contributed by atoms with Crippen molar-refractivity contribution in [3.05, 3.63) is 18.0 Å². The van der Waals surface area contributed by atoms with Crippen LogP contribution in [0.25, 0.3) is 0 Å². The molecule has 6 heteroatoms. The number of anilines is 1. The molecule has 0 spiro atoms. The summed E-state index contributed by atoms with van der Waals surface area (Å²) >= 11 is 0. The zero-order valence-electron chi connectivity index (χ0n) is 11.8. The first-order chi connectivity index (χ1) is 9.03. The molecule has 0 aromatic carbocycles. The van der Waals surface area contributed by atoms with Crippen LogP contribution in [-0.2, 0) is 11.3 Å². The number of aryl methyl sites for hydroxylation is 1. The van der Waals surface area contributed by atoms with E-state index in [0.29, 0.717) is 24.5 Å². The topological polar surface area (TPSA) is 80.4 Å². The number of amides is 2. The number of nitrogen functional groups attached to an aromatic ring is 1. The van der Waals surface area contributed by atoms with E-state index in [-0.39, 0.29) is 18.4 Å². The molecule has 0 atom stereocenters. The van der Waals surface area contributed by atoms with Gasteiger partial charge in [-0.1, -0.05) is 6.92 Å². The molecular weight excluding hydrogens is 244 g/mol. The molecule has 19 heavy (non-hydrogen) atoms. The van der Waals surface area contributed by atoms with Crippen molar-refractivity contribution in [2.24, 2.45) is 0 Å². The van der Waals surface area contributed by atoms with Gasteiger partial charge in [0.15, 0.2) is 0 Å². The van der Waals surface area contributed by atoms with Crippen molar-refractivity contribution in [2.45, 2.75) is 26.8 Å². The number of hydrogen-bond acceptors (Lipinski definition) is 3. The van der Waals surface area contributed by atoms with Crippen LogP contribution in [0.4, 0.5) is 5.69 Å². The second kappa shape index (κ2) is 6.82. The van der Waals surface area contributed by atoms with E-state index in [1.165, 1.54) is 0 Å². The fourth-order valence-corrected chi connectivity index (χ4v) is 1.91. The van der Waals surface area contributed by atoms with Gasteiger partial charge in [0.05, 0.1) is 12.2 Å². The number of nitrogens with one attached hydrogen (secondary N) is 1. The molecule has 0 bridgehead atoms. The molecule has 3 N–H and O–H groups in total. The minimum Gasteiger partial charge on any atom is -0.397 e. The predicted octanol–water partition coefficient (Wildman–Crippen LogP) is 0.688. The van der Waals surface area contributed by atoms with Gasteiger partial charge in [0.2, 0.25) is 5.91 Å². The molecule has 0 unspecified atom stereocenters. The van der Waals surface area contributed by atoms with Gasteiger partial charge in [-0.15, -0.1) is 0 Å². The van der Waals surface area contributed by atoms with Crippen molar-refractivity contribution in [3.63, 3.8) is 0 Å². The van der Waals surface area contributed by atoms with Gasteiger partial charge in [0, 0.05) is 26.3 Å². The predicted molar refractivity (Wildman–Crippen MR) is 74.8 cm³/mol. The first-order valence-corrected chi connectivity index (χ1v) is 6.48. The number of likely N-dealkylation sites (N-methyl/N-ethyl adjacent to an activating group) is 1. The molecule has 0 fully saturated rings. The third kappa shape index (κ3) is 3.74. The SMILES string of the molecule is CCCN(CC(=O)NC)C(=O)c1cc(N)cn1CC. The van der Waals surface area contributed by atoms with Crippen molar-refractivity contribution in [1.29, 1.82) is 0 Å². The van der Waals surface area contributed by atoms with Gasteiger partial charge in [-0.2, -0.15) is 0 Å². The first-order valence-electron chi connectivity index (χ1n) is 6.48. The highest BCUT2D eigenvalue weighted by atomic mass is 16.2. The normalized spacial score (nSPS) is 10.3. The molecule has 0 saturated heterocycles. The summed E-state index contributed by atoms with van der Waals surface area (Å²) in [5.41, 5.74) is 6.81. The minimum absolute atomic E-state index is 0.0674. The Bertz CT molecular complexity index is 453. The van der Waals surface area contributed by atoms with Crippen molar-refractivity contribution < 1.29 is 9.59 Å². The fourth-order valence-electron chi connectivity index (χ4n) is 1.91. The standard InChI is InChI=1S/C13H22N4O2/c1-4-6-17(9-12(18)15-3)13(19)11-7-10(14)8-16(11)5-2/h7-8H,4-6,9,14H2,1-3H3,(H,15,18). The molecule has 6 nitrogen and oxygen atoms in total. The van der Waals surface area contributed by atoms with Crippen LogP contribution in [0.3, 0.4) is 0 Å². The van der Waals surface area contributed by atoms with Crippen LogP contribution >= 0.6 is 0 Å². The van der Waals surface area contributed by atoms with Gasteiger partial charge in [-0.25, -0.2) is 0 Å². The molecule has 0 aliphatic carbocycles. The molecule has 1 aromatic rings. The largest absolute Gasteiger partial charge is 0.397 e. The highest BCUT2D eigenvalue weighted by molar-refractivity contribution is 5.96. The second-order valence-corrected chi connectivity index (χ2v) is 4.34. The number of aromatic nitrogens is 1. The Morgan fingerprint density at radius 1 is 1.42 bits per heavy atom. The van der Waals surface area contributed by atoms with Crippen molar-refractivity contribution >= 4 is 17.5 Å². The van der Waals surface area contributed by atoms with Gasteiger partial charge in [0.1, 0.15) is 5.69 Å². The lowest BCUT2D eigenvalue weighted by atomic mass is 10.3. The van der Waals surface area contributed by atoms with Crippen LogP contribution in [0.15, 0.2) is 12.3 Å². The molecule has 2 amide bonds. The van der Waals surface area contributed by atoms with Crippen LogP contribution in [-0.4, -0.2) is 41.4 Å². The maximum Gasteiger partial charge on any atom is 0.271 e. The van der Waals surface area contributed by atoms with Gasteiger partial charge in [-0.05, 0) is 19.4 Å². The van der Waals surface area contributed by atoms with Gasteiger partial charge in [-0.3, -0.25) is 9.59 Å². The summed E-state index contributed by atoms with van der Waals surface area (Å²) in [6.45, 7) is 5.19. The number of carbonyl (C=O) groups is 2. The maximum atomic E-state index is 12.4. The lowest BCUT2D eigenvalue weighted by molar-refractivity contribution is -0.121. The van der Waals surface area contributed by atoms with E-state index in [1.54, 1.807) is 28.8 Å². The smallest absolute Gasteiger partial charge is 0.271 e. The number of nitrogens with zero attached hydrogens (tertiary/aromatic N) is 2. The van der Waals surface area contributed by atoms with Crippen molar-refractivity contribution in [2.75, 3.05) is 25.9 Å². The third-order valence-corrected chi connectivity index (χ3v) is 2.87. The summed E-state index contributed by atoms with van der Waals surface area (Å²) in [4.78, 5) is 25.4. The van der Waals surface area contributed by atoms with E-state index < -0.39 is 0 Å². The summed E-state index contributed by atoms with van der Waals surface area (Å²) in [6.07, 6.45) is 2.53. The van der Waals surface area contributed by atoms with Gasteiger partial charge in [0.25, 0.3) is 5.91 Å². The fraction of sp³-hybridized carbons (Fsp3) is 0.538. The molecule has 0 saturated carbocycles. The first kappa shape index (κ1) is 15.1. The summed E-state index contributed by atoms with van der Waals surface area (Å²) in [7, 11) is 1.56. The second-order valence-electron chi connectivity index (χ2n) is 4.34. The highest BCUT2D eigenvalue weighted by Crippen LogP contribution is 2.13. The maximum absolute atomic E-state index is 12.4. The van der Waals surface area contributed by atoms with E-state index in [1.807, 2.05) is 13.8 Å². The number of carbonyl (C=O) groups excluding carboxylic acids is 2. The molecule has 0 aliphatic rings. The zero-order valence-corrected chi connectivity index (χ0v) is 11.8. The van der Waals surface area contributed by atoms with Crippen LogP contribution in [0.1, 0.15) is 30.8 Å². The summed E-state index contributed by atoms with van der Waals surface area (Å²) < 4.78 is 1.80. The summed E-state index contributed by atoms with van der Waals surface area (Å²) in [5, 5.41) is 2.53. The monoisotopic (exact) mass is 266 g/mol. The van der Waals surface area contributed by atoms with Crippen LogP contribution in [0.2, 0.25) is 0 Å². The van der Waals surface area contributed by atoms with E-state index in [4.69, 9.17) is 5.73 Å². The number of rotatable bonds is 6. The van der Waals surface area contributed by atoms with E-state index in [9.17, 15) is 9.59 Å². The van der Waals surface area contributed by atoms with Crippen LogP contribution < -0.4 is 11.1 Å². The molecule has 106 valence electrons. The molecular formula is C13H22N4O2. The lowest BCUT2D eigenvalue weighted by Gasteiger charge is -2.21. The number of nitrogens with two attached hydrogens (primary N) is 1. The number of hydrogen-bond donors (Lipinski definition) is 2. The van der Waals surface area contributed by atoms with Gasteiger partial charge < -0.3 is 20.5 Å².